The molecule has 0 atom stereocenters. The van der Waals surface area contributed by atoms with Gasteiger partial charge in [-0.1, -0.05) is 68.8 Å². The van der Waals surface area contributed by atoms with Crippen molar-refractivity contribution in [3.8, 4) is 11.1 Å². The van der Waals surface area contributed by atoms with Gasteiger partial charge in [-0.15, -0.1) is 0 Å². The van der Waals surface area contributed by atoms with Crippen molar-refractivity contribution in [2.24, 2.45) is 0 Å². The Balaban J connectivity index is 1.48. The molecule has 0 N–H and O–H groups in total. The van der Waals surface area contributed by atoms with Crippen molar-refractivity contribution in [1.29, 1.82) is 0 Å². The maximum atomic E-state index is 12.2. The number of carbonyl (C=O) groups is 1. The van der Waals surface area contributed by atoms with Crippen molar-refractivity contribution >= 4 is 5.97 Å². The van der Waals surface area contributed by atoms with Crippen molar-refractivity contribution in [3.05, 3.63) is 71.3 Å². The zero-order valence-electron chi connectivity index (χ0n) is 19.3. The molecule has 1 aliphatic heterocycles. The van der Waals surface area contributed by atoms with Gasteiger partial charge < -0.3 is 4.74 Å². The lowest BCUT2D eigenvalue weighted by atomic mass is 9.96. The summed E-state index contributed by atoms with van der Waals surface area (Å²) in [6.45, 7) is 11.4. The molecule has 0 aliphatic carbocycles. The van der Waals surface area contributed by atoms with Crippen LogP contribution in [0.4, 0.5) is 0 Å². The van der Waals surface area contributed by atoms with E-state index < -0.39 is 0 Å². The van der Waals surface area contributed by atoms with E-state index in [1.165, 1.54) is 59.9 Å². The molecule has 0 radical (unpaired) electrons. The van der Waals surface area contributed by atoms with E-state index in [2.05, 4.69) is 67.8 Å². The third kappa shape index (κ3) is 7.07. The van der Waals surface area contributed by atoms with Crippen LogP contribution in [-0.4, -0.2) is 37.1 Å². The second-order valence-corrected chi connectivity index (χ2v) is 8.78. The van der Waals surface area contributed by atoms with Crippen LogP contribution in [0.5, 0.6) is 0 Å². The van der Waals surface area contributed by atoms with Gasteiger partial charge in [-0.25, -0.2) is 4.79 Å². The van der Waals surface area contributed by atoms with Gasteiger partial charge in [0.2, 0.25) is 0 Å². The summed E-state index contributed by atoms with van der Waals surface area (Å²) < 4.78 is 5.46. The molecule has 0 unspecified atom stereocenters. The first-order valence-electron chi connectivity index (χ1n) is 11.8. The maximum Gasteiger partial charge on any atom is 0.334 e. The van der Waals surface area contributed by atoms with Crippen LogP contribution in [0.15, 0.2) is 54.6 Å². The Morgan fingerprint density at radius 2 is 1.71 bits per heavy atom. The Morgan fingerprint density at radius 3 is 2.39 bits per heavy atom. The number of hydrogen-bond acceptors (Lipinski definition) is 3. The van der Waals surface area contributed by atoms with Gasteiger partial charge >= 0.3 is 5.97 Å². The zero-order chi connectivity index (χ0) is 22.1. The predicted molar refractivity (Wildman–Crippen MR) is 129 cm³/mol. The summed E-state index contributed by atoms with van der Waals surface area (Å²) in [5.41, 5.74) is 6.94. The molecule has 0 bridgehead atoms. The lowest BCUT2D eigenvalue weighted by molar-refractivity contribution is -0.139. The van der Waals surface area contributed by atoms with Crippen LogP contribution in [0.1, 0.15) is 55.7 Å². The summed E-state index contributed by atoms with van der Waals surface area (Å²) in [5.74, 6) is -0.265. The molecule has 0 amide bonds. The molecule has 0 aromatic heterocycles. The first kappa shape index (κ1) is 23.3. The SMILES string of the molecule is C=C(CN1CCCC1)C(=O)OCCc1ccc(-c2ccc(CCCCC)cc2)c(C)c1. The average Bonchev–Trinajstić information content (AvgIpc) is 3.28. The van der Waals surface area contributed by atoms with Crippen molar-refractivity contribution in [3.63, 3.8) is 0 Å². The first-order valence-corrected chi connectivity index (χ1v) is 11.8. The van der Waals surface area contributed by atoms with E-state index in [-0.39, 0.29) is 5.97 Å². The highest BCUT2D eigenvalue weighted by atomic mass is 16.5. The van der Waals surface area contributed by atoms with Gasteiger partial charge in [0.05, 0.1) is 6.61 Å². The summed E-state index contributed by atoms with van der Waals surface area (Å²) >= 11 is 0. The summed E-state index contributed by atoms with van der Waals surface area (Å²) in [4.78, 5) is 14.5. The molecular weight excluding hydrogens is 382 g/mol. The monoisotopic (exact) mass is 419 g/mol. The van der Waals surface area contributed by atoms with Gasteiger partial charge in [0, 0.05) is 18.5 Å². The third-order valence-corrected chi connectivity index (χ3v) is 6.15. The standard InChI is InChI=1S/C28H37NO2/c1-4-5-6-9-24-10-13-26(14-11-24)27-15-12-25(20-22(27)2)16-19-31-28(30)23(3)21-29-17-7-8-18-29/h10-15,20H,3-9,16-19,21H2,1-2H3. The second kappa shape index (κ2) is 11.9. The summed E-state index contributed by atoms with van der Waals surface area (Å²) in [7, 11) is 0. The topological polar surface area (TPSA) is 29.5 Å². The average molecular weight is 420 g/mol. The summed E-state index contributed by atoms with van der Waals surface area (Å²) in [6, 6.07) is 15.5. The molecule has 3 heteroatoms. The number of carbonyl (C=O) groups excluding carboxylic acids is 1. The van der Waals surface area contributed by atoms with Crippen LogP contribution in [-0.2, 0) is 22.4 Å². The number of benzene rings is 2. The Kier molecular flexibility index (Phi) is 8.90. The smallest absolute Gasteiger partial charge is 0.334 e. The Bertz CT molecular complexity index is 863. The van der Waals surface area contributed by atoms with Crippen LogP contribution in [0, 0.1) is 6.92 Å². The molecule has 1 saturated heterocycles. The quantitative estimate of drug-likeness (QED) is 0.249. The molecule has 3 nitrogen and oxygen atoms in total. The minimum atomic E-state index is -0.265. The summed E-state index contributed by atoms with van der Waals surface area (Å²) in [6.07, 6.45) is 8.12. The van der Waals surface area contributed by atoms with E-state index in [0.717, 1.165) is 25.9 Å². The van der Waals surface area contributed by atoms with Gasteiger partial charge in [0.25, 0.3) is 0 Å². The minimum absolute atomic E-state index is 0.265. The molecule has 1 aliphatic rings. The van der Waals surface area contributed by atoms with Gasteiger partial charge in [-0.3, -0.25) is 4.90 Å². The maximum absolute atomic E-state index is 12.2. The normalized spacial score (nSPS) is 14.0. The number of unbranched alkanes of at least 4 members (excludes halogenated alkanes) is 2. The molecule has 0 spiro atoms. The molecule has 1 fully saturated rings. The van der Waals surface area contributed by atoms with E-state index in [1.54, 1.807) is 0 Å². The molecule has 0 saturated carbocycles. The number of nitrogens with zero attached hydrogens (tertiary/aromatic N) is 1. The second-order valence-electron chi connectivity index (χ2n) is 8.78. The molecule has 2 aromatic rings. The Labute approximate surface area is 188 Å². The fourth-order valence-corrected chi connectivity index (χ4v) is 4.27. The van der Waals surface area contributed by atoms with E-state index in [9.17, 15) is 4.79 Å². The Hall–Kier alpha value is -2.39. The van der Waals surface area contributed by atoms with Crippen molar-refractivity contribution < 1.29 is 9.53 Å². The number of rotatable bonds is 11. The highest BCUT2D eigenvalue weighted by Gasteiger charge is 2.16. The van der Waals surface area contributed by atoms with Gasteiger partial charge in [-0.2, -0.15) is 0 Å². The number of aryl methyl sites for hydroxylation is 2. The lowest BCUT2D eigenvalue weighted by Gasteiger charge is -2.15. The highest BCUT2D eigenvalue weighted by Crippen LogP contribution is 2.25. The molecular formula is C28H37NO2. The lowest BCUT2D eigenvalue weighted by Crippen LogP contribution is -2.25. The van der Waals surface area contributed by atoms with Crippen LogP contribution >= 0.6 is 0 Å². The van der Waals surface area contributed by atoms with Gasteiger partial charge in [-0.05, 0) is 73.5 Å². The molecule has 3 rings (SSSR count). The molecule has 31 heavy (non-hydrogen) atoms. The molecule has 2 aromatic carbocycles. The van der Waals surface area contributed by atoms with Crippen molar-refractivity contribution in [1.82, 2.24) is 4.90 Å². The van der Waals surface area contributed by atoms with Gasteiger partial charge in [0.15, 0.2) is 0 Å². The summed E-state index contributed by atoms with van der Waals surface area (Å²) in [5, 5.41) is 0. The fraction of sp³-hybridized carbons (Fsp3) is 0.464. The molecule has 166 valence electrons. The van der Waals surface area contributed by atoms with E-state index in [0.29, 0.717) is 18.7 Å². The van der Waals surface area contributed by atoms with E-state index in [1.807, 2.05) is 0 Å². The molecule has 1 heterocycles. The third-order valence-electron chi connectivity index (χ3n) is 6.15. The number of likely N-dealkylation sites (tertiary alicyclic amines) is 1. The van der Waals surface area contributed by atoms with Crippen LogP contribution < -0.4 is 0 Å². The first-order chi connectivity index (χ1) is 15.1. The van der Waals surface area contributed by atoms with E-state index >= 15 is 0 Å². The highest BCUT2D eigenvalue weighted by molar-refractivity contribution is 5.88. The fourth-order valence-electron chi connectivity index (χ4n) is 4.27. The largest absolute Gasteiger partial charge is 0.462 e. The zero-order valence-corrected chi connectivity index (χ0v) is 19.3. The number of hydrogen-bond donors (Lipinski definition) is 0. The number of ether oxygens (including phenoxy) is 1. The minimum Gasteiger partial charge on any atom is -0.462 e. The van der Waals surface area contributed by atoms with Gasteiger partial charge in [0.1, 0.15) is 0 Å². The predicted octanol–water partition coefficient (Wildman–Crippen LogP) is 6.13. The van der Waals surface area contributed by atoms with Crippen LogP contribution in [0.2, 0.25) is 0 Å². The van der Waals surface area contributed by atoms with Crippen LogP contribution in [0.3, 0.4) is 0 Å². The van der Waals surface area contributed by atoms with Crippen molar-refractivity contribution in [2.75, 3.05) is 26.2 Å². The van der Waals surface area contributed by atoms with E-state index in [4.69, 9.17) is 4.74 Å². The van der Waals surface area contributed by atoms with Crippen LogP contribution in [0.25, 0.3) is 11.1 Å². The number of esters is 1. The Morgan fingerprint density at radius 1 is 1.00 bits per heavy atom. The van der Waals surface area contributed by atoms with Crippen molar-refractivity contribution in [2.45, 2.75) is 58.8 Å².